The van der Waals surface area contributed by atoms with E-state index in [1.807, 2.05) is 24.3 Å². The van der Waals surface area contributed by atoms with Crippen molar-refractivity contribution >= 4 is 27.3 Å². The second-order valence-corrected chi connectivity index (χ2v) is 8.60. The Balaban J connectivity index is 1.72. The summed E-state index contributed by atoms with van der Waals surface area (Å²) in [7, 11) is -1.95. The highest BCUT2D eigenvalue weighted by atomic mass is 35.5. The van der Waals surface area contributed by atoms with Crippen molar-refractivity contribution in [1.29, 1.82) is 0 Å². The van der Waals surface area contributed by atoms with Gasteiger partial charge in [0.2, 0.25) is 10.0 Å². The first-order chi connectivity index (χ1) is 12.5. The molecule has 2 N–H and O–H groups in total. The van der Waals surface area contributed by atoms with E-state index in [-0.39, 0.29) is 17.0 Å². The van der Waals surface area contributed by atoms with Gasteiger partial charge in [-0.1, -0.05) is 24.4 Å². The summed E-state index contributed by atoms with van der Waals surface area (Å²) in [4.78, 5) is 0.232. The Labute approximate surface area is 159 Å². The normalized spacial score (nSPS) is 20.5. The number of ether oxygens (including phenoxy) is 1. The van der Waals surface area contributed by atoms with E-state index in [0.29, 0.717) is 5.02 Å². The molecule has 0 radical (unpaired) electrons. The van der Waals surface area contributed by atoms with Crippen LogP contribution in [0.4, 0.5) is 5.69 Å². The lowest BCUT2D eigenvalue weighted by atomic mass is 9.91. The lowest BCUT2D eigenvalue weighted by Crippen LogP contribution is -2.48. The van der Waals surface area contributed by atoms with Gasteiger partial charge in [-0.25, -0.2) is 13.1 Å². The van der Waals surface area contributed by atoms with E-state index in [1.54, 1.807) is 19.2 Å². The smallest absolute Gasteiger partial charge is 0.240 e. The first-order valence-corrected chi connectivity index (χ1v) is 10.5. The van der Waals surface area contributed by atoms with Gasteiger partial charge in [0.15, 0.2) is 0 Å². The van der Waals surface area contributed by atoms with Crippen LogP contribution >= 0.6 is 11.6 Å². The highest BCUT2D eigenvalue weighted by Gasteiger charge is 2.29. The standard InChI is InChI=1S/C19H23ClN2O3S/c1-25-16-10-8-15(9-11-16)21-18-4-2-3-5-19(18)22-26(23,24)17-12-6-14(20)7-13-17/h6-13,18-19,21-22H,2-5H2,1H3/t18-,19-/m1/s1. The predicted octanol–water partition coefficient (Wildman–Crippen LogP) is 4.05. The molecule has 2 aromatic rings. The van der Waals surface area contributed by atoms with Crippen LogP contribution < -0.4 is 14.8 Å². The van der Waals surface area contributed by atoms with Gasteiger partial charge >= 0.3 is 0 Å². The Bertz CT molecular complexity index is 823. The molecule has 140 valence electrons. The second-order valence-electron chi connectivity index (χ2n) is 6.45. The average Bonchev–Trinajstić information content (AvgIpc) is 2.64. The molecule has 3 rings (SSSR count). The lowest BCUT2D eigenvalue weighted by molar-refractivity contribution is 0.378. The molecule has 0 unspecified atom stereocenters. The summed E-state index contributed by atoms with van der Waals surface area (Å²) >= 11 is 5.85. The van der Waals surface area contributed by atoms with Crippen molar-refractivity contribution in [3.05, 3.63) is 53.6 Å². The van der Waals surface area contributed by atoms with Gasteiger partial charge < -0.3 is 10.1 Å². The van der Waals surface area contributed by atoms with E-state index in [4.69, 9.17) is 16.3 Å². The van der Waals surface area contributed by atoms with Crippen LogP contribution in [-0.2, 0) is 10.0 Å². The summed E-state index contributed by atoms with van der Waals surface area (Å²) in [5, 5.41) is 3.98. The fourth-order valence-corrected chi connectivity index (χ4v) is 4.66. The third-order valence-electron chi connectivity index (χ3n) is 4.64. The Kier molecular flexibility index (Phi) is 6.06. The molecular weight excluding hydrogens is 372 g/mol. The molecular formula is C19H23ClN2O3S. The Hall–Kier alpha value is -1.76. The molecule has 0 saturated heterocycles. The highest BCUT2D eigenvalue weighted by molar-refractivity contribution is 7.89. The van der Waals surface area contributed by atoms with Gasteiger partial charge in [0, 0.05) is 22.8 Å². The Morgan fingerprint density at radius 2 is 1.58 bits per heavy atom. The van der Waals surface area contributed by atoms with Crippen LogP contribution in [0.25, 0.3) is 0 Å². The van der Waals surface area contributed by atoms with Gasteiger partial charge in [0.25, 0.3) is 0 Å². The molecule has 0 amide bonds. The first kappa shape index (κ1) is 19.0. The maximum atomic E-state index is 12.7. The van der Waals surface area contributed by atoms with E-state index in [1.165, 1.54) is 12.1 Å². The minimum absolute atomic E-state index is 0.0409. The number of benzene rings is 2. The summed E-state index contributed by atoms with van der Waals surface area (Å²) < 4.78 is 33.4. The molecule has 5 nitrogen and oxygen atoms in total. The van der Waals surface area contributed by atoms with Crippen LogP contribution in [0.15, 0.2) is 53.4 Å². The molecule has 1 fully saturated rings. The van der Waals surface area contributed by atoms with Gasteiger partial charge in [-0.05, 0) is 61.4 Å². The quantitative estimate of drug-likeness (QED) is 0.775. The number of hydrogen-bond donors (Lipinski definition) is 2. The van der Waals surface area contributed by atoms with Gasteiger partial charge in [0.05, 0.1) is 12.0 Å². The molecule has 1 saturated carbocycles. The van der Waals surface area contributed by atoms with Crippen LogP contribution in [0.1, 0.15) is 25.7 Å². The summed E-state index contributed by atoms with van der Waals surface area (Å²) in [6.07, 6.45) is 3.81. The van der Waals surface area contributed by atoms with Crippen molar-refractivity contribution < 1.29 is 13.2 Å². The molecule has 2 aromatic carbocycles. The monoisotopic (exact) mass is 394 g/mol. The third kappa shape index (κ3) is 4.69. The summed E-state index contributed by atoms with van der Waals surface area (Å²) in [6, 6.07) is 13.8. The zero-order chi connectivity index (χ0) is 18.6. The Morgan fingerprint density at radius 1 is 0.962 bits per heavy atom. The average molecular weight is 395 g/mol. The number of methoxy groups -OCH3 is 1. The number of hydrogen-bond acceptors (Lipinski definition) is 4. The van der Waals surface area contributed by atoms with Gasteiger partial charge in [-0.15, -0.1) is 0 Å². The van der Waals surface area contributed by atoms with Crippen LogP contribution in [0.2, 0.25) is 5.02 Å². The number of rotatable bonds is 6. The fraction of sp³-hybridized carbons (Fsp3) is 0.368. The third-order valence-corrected chi connectivity index (χ3v) is 6.40. The first-order valence-electron chi connectivity index (χ1n) is 8.66. The van der Waals surface area contributed by atoms with Crippen LogP contribution in [0.3, 0.4) is 0 Å². The number of halogens is 1. The summed E-state index contributed by atoms with van der Waals surface area (Å²) in [5.74, 6) is 0.791. The SMILES string of the molecule is COc1ccc(N[C@@H]2CCCC[C@H]2NS(=O)(=O)c2ccc(Cl)cc2)cc1. The van der Waals surface area contributed by atoms with Crippen molar-refractivity contribution in [1.82, 2.24) is 4.72 Å². The molecule has 26 heavy (non-hydrogen) atoms. The molecule has 1 aliphatic carbocycles. The maximum absolute atomic E-state index is 12.7. The zero-order valence-electron chi connectivity index (χ0n) is 14.6. The summed E-state index contributed by atoms with van der Waals surface area (Å²) in [6.45, 7) is 0. The van der Waals surface area contributed by atoms with Gasteiger partial charge in [-0.3, -0.25) is 0 Å². The van der Waals surface area contributed by atoms with E-state index < -0.39 is 10.0 Å². The number of anilines is 1. The predicted molar refractivity (Wildman–Crippen MR) is 104 cm³/mol. The summed E-state index contributed by atoms with van der Waals surface area (Å²) in [5.41, 5.74) is 0.952. The second kappa shape index (κ2) is 8.29. The fourth-order valence-electron chi connectivity index (χ4n) is 3.23. The topological polar surface area (TPSA) is 67.4 Å². The minimum Gasteiger partial charge on any atom is -0.497 e. The minimum atomic E-state index is -3.58. The van der Waals surface area contributed by atoms with Crippen LogP contribution in [-0.4, -0.2) is 27.6 Å². The molecule has 7 heteroatoms. The number of sulfonamides is 1. The van der Waals surface area contributed by atoms with Crippen molar-refractivity contribution in [2.24, 2.45) is 0 Å². The number of nitrogens with one attached hydrogen (secondary N) is 2. The van der Waals surface area contributed by atoms with Crippen LogP contribution in [0, 0.1) is 0 Å². The van der Waals surface area contributed by atoms with Crippen LogP contribution in [0.5, 0.6) is 5.75 Å². The van der Waals surface area contributed by atoms with Crippen molar-refractivity contribution in [3.8, 4) is 5.75 Å². The highest BCUT2D eigenvalue weighted by Crippen LogP contribution is 2.25. The maximum Gasteiger partial charge on any atom is 0.240 e. The zero-order valence-corrected chi connectivity index (χ0v) is 16.2. The van der Waals surface area contributed by atoms with Gasteiger partial charge in [0.1, 0.15) is 5.75 Å². The molecule has 0 aliphatic heterocycles. The molecule has 2 atom stereocenters. The molecule has 0 bridgehead atoms. The van der Waals surface area contributed by atoms with E-state index in [0.717, 1.165) is 37.1 Å². The van der Waals surface area contributed by atoms with Crippen molar-refractivity contribution in [2.75, 3.05) is 12.4 Å². The van der Waals surface area contributed by atoms with E-state index in [9.17, 15) is 8.42 Å². The van der Waals surface area contributed by atoms with Crippen molar-refractivity contribution in [2.45, 2.75) is 42.7 Å². The molecule has 0 aromatic heterocycles. The van der Waals surface area contributed by atoms with E-state index >= 15 is 0 Å². The Morgan fingerprint density at radius 3 is 2.19 bits per heavy atom. The van der Waals surface area contributed by atoms with E-state index in [2.05, 4.69) is 10.0 Å². The molecule has 0 heterocycles. The lowest BCUT2D eigenvalue weighted by Gasteiger charge is -2.33. The largest absolute Gasteiger partial charge is 0.497 e. The van der Waals surface area contributed by atoms with Crippen molar-refractivity contribution in [3.63, 3.8) is 0 Å². The molecule has 1 aliphatic rings. The van der Waals surface area contributed by atoms with Gasteiger partial charge in [-0.2, -0.15) is 0 Å². The molecule has 0 spiro atoms.